The van der Waals surface area contributed by atoms with Gasteiger partial charge in [-0.2, -0.15) is 0 Å². The van der Waals surface area contributed by atoms with Crippen LogP contribution in [0.15, 0.2) is 76.7 Å². The second-order valence-corrected chi connectivity index (χ2v) is 10.0. The number of hydrogen-bond donors (Lipinski definition) is 0. The van der Waals surface area contributed by atoms with Crippen LogP contribution in [0.5, 0.6) is 5.75 Å². The van der Waals surface area contributed by atoms with Crippen molar-refractivity contribution in [3.05, 3.63) is 66.7 Å². The van der Waals surface area contributed by atoms with E-state index in [4.69, 9.17) is 4.74 Å². The van der Waals surface area contributed by atoms with Crippen molar-refractivity contribution in [1.29, 1.82) is 0 Å². The number of carbonyl (C=O) groups excluding carboxylic acids is 1. The summed E-state index contributed by atoms with van der Waals surface area (Å²) >= 11 is 1.56. The number of amides is 1. The maximum absolute atomic E-state index is 13.3. The van der Waals surface area contributed by atoms with E-state index in [2.05, 4.69) is 44.3 Å². The van der Waals surface area contributed by atoms with Crippen LogP contribution in [0.4, 0.5) is 11.5 Å². The highest BCUT2D eigenvalue weighted by atomic mass is 32.2. The molecular weight excluding hydrogens is 458 g/mol. The molecule has 0 unspecified atom stereocenters. The molecule has 0 radical (unpaired) electrons. The monoisotopic (exact) mass is 489 g/mol. The molecule has 0 saturated carbocycles. The molecule has 2 saturated heterocycles. The van der Waals surface area contributed by atoms with Gasteiger partial charge < -0.3 is 19.4 Å². The molecular formula is C27H31N5O2S. The van der Waals surface area contributed by atoms with E-state index in [-0.39, 0.29) is 11.8 Å². The second-order valence-electron chi connectivity index (χ2n) is 8.94. The first-order valence-corrected chi connectivity index (χ1v) is 13.0. The maximum Gasteiger partial charge on any atom is 0.227 e. The number of benzene rings is 2. The summed E-state index contributed by atoms with van der Waals surface area (Å²) < 4.78 is 5.30. The predicted octanol–water partition coefficient (Wildman–Crippen LogP) is 4.20. The number of aromatic nitrogens is 2. The van der Waals surface area contributed by atoms with E-state index < -0.39 is 0 Å². The van der Waals surface area contributed by atoms with Gasteiger partial charge in [0, 0.05) is 49.9 Å². The van der Waals surface area contributed by atoms with Crippen molar-refractivity contribution in [3.63, 3.8) is 0 Å². The second kappa shape index (κ2) is 11.0. The number of methoxy groups -OCH3 is 1. The first-order valence-electron chi connectivity index (χ1n) is 12.2. The van der Waals surface area contributed by atoms with Gasteiger partial charge in [-0.3, -0.25) is 4.79 Å². The van der Waals surface area contributed by atoms with Crippen LogP contribution in [0.2, 0.25) is 0 Å². The average Bonchev–Trinajstić information content (AvgIpc) is 2.94. The van der Waals surface area contributed by atoms with Crippen LogP contribution in [-0.2, 0) is 4.79 Å². The number of piperidine rings is 1. The highest BCUT2D eigenvalue weighted by Gasteiger charge is 2.31. The fourth-order valence-electron chi connectivity index (χ4n) is 4.79. The Kier molecular flexibility index (Phi) is 7.37. The smallest absolute Gasteiger partial charge is 0.227 e. The van der Waals surface area contributed by atoms with Crippen molar-refractivity contribution < 1.29 is 9.53 Å². The van der Waals surface area contributed by atoms with Gasteiger partial charge in [-0.05, 0) is 55.3 Å². The van der Waals surface area contributed by atoms with Crippen LogP contribution in [0, 0.1) is 5.92 Å². The van der Waals surface area contributed by atoms with E-state index in [1.54, 1.807) is 18.9 Å². The number of anilines is 2. The molecule has 2 aromatic carbocycles. The lowest BCUT2D eigenvalue weighted by molar-refractivity contribution is -0.136. The molecule has 0 spiro atoms. The molecule has 2 aliphatic rings. The van der Waals surface area contributed by atoms with E-state index in [1.165, 1.54) is 5.69 Å². The van der Waals surface area contributed by atoms with Crippen molar-refractivity contribution in [1.82, 2.24) is 15.1 Å². The summed E-state index contributed by atoms with van der Waals surface area (Å²) in [6.07, 6.45) is 1.92. The first-order chi connectivity index (χ1) is 17.2. The van der Waals surface area contributed by atoms with Crippen LogP contribution < -0.4 is 14.5 Å². The minimum Gasteiger partial charge on any atom is -0.497 e. The van der Waals surface area contributed by atoms with E-state index in [0.29, 0.717) is 6.54 Å². The predicted molar refractivity (Wildman–Crippen MR) is 139 cm³/mol. The lowest BCUT2D eigenvalue weighted by atomic mass is 9.96. The molecule has 1 aromatic heterocycles. The van der Waals surface area contributed by atoms with Gasteiger partial charge in [0.15, 0.2) is 5.82 Å². The van der Waals surface area contributed by atoms with Gasteiger partial charge in [0.1, 0.15) is 10.8 Å². The maximum atomic E-state index is 13.3. The molecule has 5 rings (SSSR count). The largest absolute Gasteiger partial charge is 0.497 e. The zero-order chi connectivity index (χ0) is 24.0. The van der Waals surface area contributed by atoms with E-state index in [9.17, 15) is 4.79 Å². The minimum atomic E-state index is 0.0136. The fraction of sp³-hybridized carbons (Fsp3) is 0.370. The van der Waals surface area contributed by atoms with E-state index in [1.807, 2.05) is 47.4 Å². The topological polar surface area (TPSA) is 61.8 Å². The Bertz CT molecular complexity index is 1120. The zero-order valence-electron chi connectivity index (χ0n) is 20.0. The van der Waals surface area contributed by atoms with Crippen molar-refractivity contribution in [2.75, 3.05) is 56.2 Å². The molecule has 3 aromatic rings. The molecule has 2 aliphatic heterocycles. The van der Waals surface area contributed by atoms with Crippen molar-refractivity contribution in [3.8, 4) is 5.75 Å². The Balaban J connectivity index is 1.16. The first kappa shape index (κ1) is 23.5. The fourth-order valence-corrected chi connectivity index (χ4v) is 5.57. The lowest BCUT2D eigenvalue weighted by Gasteiger charge is -2.40. The van der Waals surface area contributed by atoms with Gasteiger partial charge in [-0.15, -0.1) is 10.2 Å². The van der Waals surface area contributed by atoms with Gasteiger partial charge in [-0.25, -0.2) is 0 Å². The summed E-state index contributed by atoms with van der Waals surface area (Å²) in [4.78, 5) is 21.0. The Morgan fingerprint density at radius 2 is 1.74 bits per heavy atom. The Morgan fingerprint density at radius 3 is 2.49 bits per heavy atom. The molecule has 0 N–H and O–H groups in total. The normalized spacial score (nSPS) is 18.4. The summed E-state index contributed by atoms with van der Waals surface area (Å²) in [7, 11) is 1.67. The zero-order valence-corrected chi connectivity index (χ0v) is 20.9. The highest BCUT2D eigenvalue weighted by molar-refractivity contribution is 7.99. The summed E-state index contributed by atoms with van der Waals surface area (Å²) in [6, 6.07) is 22.4. The van der Waals surface area contributed by atoms with Gasteiger partial charge >= 0.3 is 0 Å². The summed E-state index contributed by atoms with van der Waals surface area (Å²) in [5.74, 6) is 1.96. The number of hydrogen-bond acceptors (Lipinski definition) is 7. The molecule has 1 atom stereocenters. The summed E-state index contributed by atoms with van der Waals surface area (Å²) in [5.41, 5.74) is 1.23. The number of carbonyl (C=O) groups is 1. The minimum absolute atomic E-state index is 0.0136. The summed E-state index contributed by atoms with van der Waals surface area (Å²) in [5, 5.41) is 9.75. The number of nitrogens with zero attached hydrogens (tertiary/aromatic N) is 5. The molecule has 7 nitrogen and oxygen atoms in total. The number of piperazine rings is 1. The van der Waals surface area contributed by atoms with E-state index in [0.717, 1.165) is 67.1 Å². The molecule has 182 valence electrons. The van der Waals surface area contributed by atoms with Crippen LogP contribution in [0.25, 0.3) is 0 Å². The molecule has 2 fully saturated rings. The number of para-hydroxylation sites is 1. The molecule has 1 amide bonds. The third-order valence-electron chi connectivity index (χ3n) is 6.70. The van der Waals surface area contributed by atoms with Crippen LogP contribution >= 0.6 is 11.8 Å². The van der Waals surface area contributed by atoms with Crippen molar-refractivity contribution >= 4 is 29.2 Å². The average molecular weight is 490 g/mol. The SMILES string of the molecule is COc1cccc(Sc2ccc(N3CCC[C@H](C(=O)N4CCN(c5ccccc5)CC4)C3)nn2)c1. The third kappa shape index (κ3) is 5.70. The lowest BCUT2D eigenvalue weighted by Crippen LogP contribution is -2.52. The summed E-state index contributed by atoms with van der Waals surface area (Å²) in [6.45, 7) is 4.92. The van der Waals surface area contributed by atoms with Crippen molar-refractivity contribution in [2.45, 2.75) is 22.8 Å². The van der Waals surface area contributed by atoms with Gasteiger partial charge in [0.25, 0.3) is 0 Å². The Labute approximate surface area is 211 Å². The van der Waals surface area contributed by atoms with Gasteiger partial charge in [-0.1, -0.05) is 36.0 Å². The van der Waals surface area contributed by atoms with Gasteiger partial charge in [0.2, 0.25) is 5.91 Å². The molecule has 35 heavy (non-hydrogen) atoms. The van der Waals surface area contributed by atoms with Crippen LogP contribution in [-0.4, -0.2) is 67.4 Å². The Morgan fingerprint density at radius 1 is 0.914 bits per heavy atom. The number of ether oxygens (including phenoxy) is 1. The third-order valence-corrected chi connectivity index (χ3v) is 7.61. The molecule has 8 heteroatoms. The molecule has 0 bridgehead atoms. The van der Waals surface area contributed by atoms with E-state index >= 15 is 0 Å². The van der Waals surface area contributed by atoms with Crippen LogP contribution in [0.1, 0.15) is 12.8 Å². The highest BCUT2D eigenvalue weighted by Crippen LogP contribution is 2.30. The van der Waals surface area contributed by atoms with Crippen LogP contribution in [0.3, 0.4) is 0 Å². The molecule has 3 heterocycles. The molecule has 0 aliphatic carbocycles. The van der Waals surface area contributed by atoms with Gasteiger partial charge in [0.05, 0.1) is 13.0 Å². The number of rotatable bonds is 6. The van der Waals surface area contributed by atoms with Crippen molar-refractivity contribution in [2.24, 2.45) is 5.92 Å². The quantitative estimate of drug-likeness (QED) is 0.514. The standard InChI is InChI=1S/C27H31N5O2S/c1-34-23-10-5-11-24(19-23)35-26-13-12-25(28-29-26)32-14-6-7-21(20-32)27(33)31-17-15-30(16-18-31)22-8-3-2-4-9-22/h2-5,8-13,19,21H,6-7,14-18,20H2,1H3/t21-/m0/s1. The Hall–Kier alpha value is -3.26.